The summed E-state index contributed by atoms with van der Waals surface area (Å²) >= 11 is 0. The number of carbonyl (C=O) groups excluding carboxylic acids is 2. The summed E-state index contributed by atoms with van der Waals surface area (Å²) < 4.78 is 31.1. The van der Waals surface area contributed by atoms with Crippen molar-refractivity contribution in [1.82, 2.24) is 9.80 Å². The zero-order valence-corrected chi connectivity index (χ0v) is 10.7. The van der Waals surface area contributed by atoms with Crippen molar-refractivity contribution < 1.29 is 22.8 Å². The van der Waals surface area contributed by atoms with Crippen LogP contribution in [0.1, 0.15) is 13.3 Å². The number of halogens is 3. The number of rotatable bonds is 3. The van der Waals surface area contributed by atoms with E-state index in [4.69, 9.17) is 10.5 Å². The second-order valence-corrected chi connectivity index (χ2v) is 3.61. The molecule has 8 heteroatoms. The third-order valence-corrected chi connectivity index (χ3v) is 1.93. The van der Waals surface area contributed by atoms with Gasteiger partial charge in [0.25, 0.3) is 0 Å². The molecule has 0 aliphatic carbocycles. The van der Waals surface area contributed by atoms with Crippen molar-refractivity contribution in [2.45, 2.75) is 19.5 Å². The fraction of sp³-hybridized carbons (Fsp3) is 0.800. The van der Waals surface area contributed by atoms with Crippen molar-refractivity contribution in [2.24, 2.45) is 5.73 Å². The maximum absolute atomic E-state index is 11.2. The summed E-state index contributed by atoms with van der Waals surface area (Å²) in [5.41, 5.74) is 5.34. The highest BCUT2D eigenvalue weighted by Gasteiger charge is 2.23. The molecular weight excluding hydrogens is 251 g/mol. The first-order valence-electron chi connectivity index (χ1n) is 5.31. The van der Waals surface area contributed by atoms with Crippen LogP contribution in [0.4, 0.5) is 18.0 Å². The van der Waals surface area contributed by atoms with Crippen LogP contribution in [0, 0.1) is 0 Å². The molecule has 0 saturated carbocycles. The van der Waals surface area contributed by atoms with Crippen molar-refractivity contribution in [2.75, 3.05) is 33.2 Å². The molecule has 0 aromatic carbocycles. The van der Waals surface area contributed by atoms with Crippen molar-refractivity contribution >= 4 is 12.8 Å². The maximum atomic E-state index is 11.2. The second kappa shape index (κ2) is 9.69. The molecule has 0 aromatic heterocycles. The van der Waals surface area contributed by atoms with E-state index >= 15 is 0 Å². The molecule has 0 unspecified atom stereocenters. The van der Waals surface area contributed by atoms with Gasteiger partial charge in [-0.3, -0.25) is 0 Å². The van der Waals surface area contributed by atoms with Crippen LogP contribution in [-0.2, 0) is 4.79 Å². The van der Waals surface area contributed by atoms with Gasteiger partial charge in [0, 0.05) is 33.6 Å². The Labute approximate surface area is 105 Å². The lowest BCUT2D eigenvalue weighted by Crippen LogP contribution is -2.31. The van der Waals surface area contributed by atoms with Gasteiger partial charge >= 0.3 is 12.2 Å². The Bertz CT molecular complexity index is 231. The highest BCUT2D eigenvalue weighted by Crippen LogP contribution is 2.10. The van der Waals surface area contributed by atoms with Gasteiger partial charge in [-0.15, -0.1) is 0 Å². The quantitative estimate of drug-likeness (QED) is 0.835. The van der Waals surface area contributed by atoms with Gasteiger partial charge in [0.15, 0.2) is 0 Å². The number of likely N-dealkylation sites (N-methyl/N-ethyl adjacent to an activating group) is 1. The molecule has 2 N–H and O–H groups in total. The van der Waals surface area contributed by atoms with E-state index in [2.05, 4.69) is 0 Å². The molecular formula is C10H20F3N3O2. The van der Waals surface area contributed by atoms with E-state index < -0.39 is 6.18 Å². The Hall–Kier alpha value is -1.31. The molecule has 1 saturated heterocycles. The minimum absolute atomic E-state index is 0.137. The zero-order chi connectivity index (χ0) is 14.8. The van der Waals surface area contributed by atoms with Crippen LogP contribution in [0.15, 0.2) is 0 Å². The third kappa shape index (κ3) is 11.2. The van der Waals surface area contributed by atoms with Crippen molar-refractivity contribution in [3.05, 3.63) is 0 Å². The number of hydrogen-bond acceptors (Lipinski definition) is 3. The average molecular weight is 271 g/mol. The van der Waals surface area contributed by atoms with E-state index in [1.165, 1.54) is 0 Å². The Kier molecular flexibility index (Phi) is 10.3. The Morgan fingerprint density at radius 3 is 2.06 bits per heavy atom. The van der Waals surface area contributed by atoms with Crippen LogP contribution >= 0.6 is 0 Å². The summed E-state index contributed by atoms with van der Waals surface area (Å²) in [6.45, 7) is 5.36. The predicted octanol–water partition coefficient (Wildman–Crippen LogP) is 1.09. The topological polar surface area (TPSA) is 66.6 Å². The van der Waals surface area contributed by atoms with Gasteiger partial charge in [0.1, 0.15) is 6.79 Å². The Balaban J connectivity index is 0. The smallest absolute Gasteiger partial charge is 0.330 e. The van der Waals surface area contributed by atoms with E-state index in [0.717, 1.165) is 26.1 Å². The monoisotopic (exact) mass is 271 g/mol. The molecule has 0 spiro atoms. The van der Waals surface area contributed by atoms with Gasteiger partial charge in [0.05, 0.1) is 0 Å². The van der Waals surface area contributed by atoms with Gasteiger partial charge in [-0.05, 0) is 13.0 Å². The van der Waals surface area contributed by atoms with Crippen LogP contribution in [0.25, 0.3) is 0 Å². The van der Waals surface area contributed by atoms with E-state index in [-0.39, 0.29) is 13.0 Å². The zero-order valence-electron chi connectivity index (χ0n) is 10.7. The molecule has 1 rings (SSSR count). The van der Waals surface area contributed by atoms with E-state index in [9.17, 15) is 18.0 Å². The van der Waals surface area contributed by atoms with E-state index in [1.54, 1.807) is 4.90 Å². The molecule has 0 atom stereocenters. The number of alkyl halides is 3. The summed E-state index contributed by atoms with van der Waals surface area (Å²) in [7, 11) is 1.82. The first kappa shape index (κ1) is 19.0. The minimum atomic E-state index is -4.00. The SMILES string of the molecule is C=O.CC(F)(F)F.CN1CCN(CCCN)C1=O. The number of nitrogens with two attached hydrogens (primary N) is 1. The third-order valence-electron chi connectivity index (χ3n) is 1.93. The molecule has 108 valence electrons. The van der Waals surface area contributed by atoms with Crippen LogP contribution in [0.3, 0.4) is 0 Å². The minimum Gasteiger partial charge on any atom is -0.330 e. The Morgan fingerprint density at radius 2 is 1.78 bits per heavy atom. The van der Waals surface area contributed by atoms with Crippen molar-refractivity contribution in [1.29, 1.82) is 0 Å². The summed E-state index contributed by atoms with van der Waals surface area (Å²) in [5.74, 6) is 0. The lowest BCUT2D eigenvalue weighted by atomic mass is 10.4. The van der Waals surface area contributed by atoms with Crippen LogP contribution in [-0.4, -0.2) is 62.0 Å². The highest BCUT2D eigenvalue weighted by molar-refractivity contribution is 5.76. The summed E-state index contributed by atoms with van der Waals surface area (Å²) in [6.07, 6.45) is -3.10. The maximum Gasteiger partial charge on any atom is 0.386 e. The van der Waals surface area contributed by atoms with Gasteiger partial charge in [0.2, 0.25) is 0 Å². The predicted molar refractivity (Wildman–Crippen MR) is 62.1 cm³/mol. The van der Waals surface area contributed by atoms with E-state index in [0.29, 0.717) is 6.54 Å². The van der Waals surface area contributed by atoms with Crippen LogP contribution in [0.5, 0.6) is 0 Å². The summed E-state index contributed by atoms with van der Waals surface area (Å²) in [5, 5.41) is 0. The molecule has 0 aromatic rings. The van der Waals surface area contributed by atoms with Gasteiger partial charge in [-0.25, -0.2) is 4.79 Å². The fourth-order valence-corrected chi connectivity index (χ4v) is 1.19. The van der Waals surface area contributed by atoms with Gasteiger partial charge in [-0.2, -0.15) is 13.2 Å². The molecule has 1 aliphatic rings. The number of carbonyl (C=O) groups is 2. The molecule has 1 aliphatic heterocycles. The highest BCUT2D eigenvalue weighted by atomic mass is 19.4. The molecule has 0 radical (unpaired) electrons. The standard InChI is InChI=1S/C7H15N3O.C2H3F3.CH2O/c1-9-5-6-10(7(9)11)4-2-3-8;1-2(3,4)5;1-2/h2-6,8H2,1H3;1H3;1H2. The molecule has 1 fully saturated rings. The van der Waals surface area contributed by atoms with E-state index in [1.807, 2.05) is 18.7 Å². The molecule has 5 nitrogen and oxygen atoms in total. The number of amides is 2. The van der Waals surface area contributed by atoms with Crippen LogP contribution < -0.4 is 5.73 Å². The van der Waals surface area contributed by atoms with Crippen molar-refractivity contribution in [3.8, 4) is 0 Å². The number of hydrogen-bond donors (Lipinski definition) is 1. The lowest BCUT2D eigenvalue weighted by Gasteiger charge is -2.14. The molecule has 0 bridgehead atoms. The first-order chi connectivity index (χ1) is 8.25. The van der Waals surface area contributed by atoms with Crippen molar-refractivity contribution in [3.63, 3.8) is 0 Å². The summed E-state index contributed by atoms with van der Waals surface area (Å²) in [4.78, 5) is 22.8. The fourth-order valence-electron chi connectivity index (χ4n) is 1.19. The lowest BCUT2D eigenvalue weighted by molar-refractivity contribution is -0.110. The largest absolute Gasteiger partial charge is 0.386 e. The van der Waals surface area contributed by atoms with Gasteiger partial charge < -0.3 is 20.3 Å². The number of urea groups is 1. The molecule has 18 heavy (non-hydrogen) atoms. The summed E-state index contributed by atoms with van der Waals surface area (Å²) in [6, 6.07) is 0.137. The van der Waals surface area contributed by atoms with Gasteiger partial charge in [-0.1, -0.05) is 0 Å². The molecule has 2 amide bonds. The molecule has 1 heterocycles. The Morgan fingerprint density at radius 1 is 1.33 bits per heavy atom. The normalized spacial score (nSPS) is 14.7. The number of nitrogens with zero attached hydrogens (tertiary/aromatic N) is 2. The average Bonchev–Trinajstić information content (AvgIpc) is 2.58. The first-order valence-corrected chi connectivity index (χ1v) is 5.31. The second-order valence-electron chi connectivity index (χ2n) is 3.61. The van der Waals surface area contributed by atoms with Crippen LogP contribution in [0.2, 0.25) is 0 Å².